The van der Waals surface area contributed by atoms with Gasteiger partial charge in [-0.25, -0.2) is 0 Å². The van der Waals surface area contributed by atoms with Crippen LogP contribution in [-0.4, -0.2) is 24.4 Å². The van der Waals surface area contributed by atoms with Crippen molar-refractivity contribution in [2.75, 3.05) is 13.6 Å². The smallest absolute Gasteiger partial charge is 0.226 e. The highest BCUT2D eigenvalue weighted by Gasteiger charge is 2.45. The van der Waals surface area contributed by atoms with Crippen molar-refractivity contribution in [3.05, 3.63) is 34.9 Å². The number of rotatable bonds is 3. The Morgan fingerprint density at radius 2 is 2.29 bits per heavy atom. The predicted molar refractivity (Wildman–Crippen MR) is 65.6 cm³/mol. The summed E-state index contributed by atoms with van der Waals surface area (Å²) in [5.74, 6) is 0.252. The molecule has 0 aromatic heterocycles. The average Bonchev–Trinajstić information content (AvgIpc) is 3.09. The first-order valence-electron chi connectivity index (χ1n) is 5.51. The third-order valence-corrected chi connectivity index (χ3v) is 3.44. The molecule has 2 atom stereocenters. The summed E-state index contributed by atoms with van der Waals surface area (Å²) in [6, 6.07) is 9.59. The number of halogens is 1. The molecule has 1 amide bonds. The van der Waals surface area contributed by atoms with Crippen LogP contribution in [0, 0.1) is 17.2 Å². The lowest BCUT2D eigenvalue weighted by molar-refractivity contribution is -0.130. The van der Waals surface area contributed by atoms with Crippen molar-refractivity contribution in [2.45, 2.75) is 12.3 Å². The summed E-state index contributed by atoms with van der Waals surface area (Å²) >= 11 is 6.09. The fourth-order valence-electron chi connectivity index (χ4n) is 2.05. The molecule has 1 saturated carbocycles. The van der Waals surface area contributed by atoms with Crippen LogP contribution in [0.25, 0.3) is 0 Å². The number of nitriles is 1. The van der Waals surface area contributed by atoms with Crippen molar-refractivity contribution in [1.82, 2.24) is 4.90 Å². The van der Waals surface area contributed by atoms with Gasteiger partial charge in [0.1, 0.15) is 6.54 Å². The van der Waals surface area contributed by atoms with Crippen molar-refractivity contribution in [3.8, 4) is 6.07 Å². The summed E-state index contributed by atoms with van der Waals surface area (Å²) in [4.78, 5) is 13.4. The molecule has 1 aromatic carbocycles. The molecule has 1 aliphatic carbocycles. The number of carbonyl (C=O) groups excluding carboxylic acids is 1. The van der Waals surface area contributed by atoms with Gasteiger partial charge in [0.25, 0.3) is 0 Å². The second-order valence-electron chi connectivity index (χ2n) is 4.32. The van der Waals surface area contributed by atoms with Gasteiger partial charge >= 0.3 is 0 Å². The lowest BCUT2D eigenvalue weighted by atomic mass is 10.1. The average molecular weight is 249 g/mol. The Bertz CT molecular complexity index is 481. The Balaban J connectivity index is 2.04. The standard InChI is InChI=1S/C13H13ClN2O/c1-16(7-6-15)13(17)11-8-10(11)9-4-2-3-5-12(9)14/h2-5,10-11H,7-8H2,1H3/t10-,11-/m1/s1. The van der Waals surface area contributed by atoms with E-state index >= 15 is 0 Å². The van der Waals surface area contributed by atoms with E-state index in [9.17, 15) is 4.79 Å². The first-order valence-corrected chi connectivity index (χ1v) is 5.89. The largest absolute Gasteiger partial charge is 0.332 e. The molecule has 1 aliphatic rings. The quantitative estimate of drug-likeness (QED) is 0.771. The number of nitrogens with zero attached hydrogens (tertiary/aromatic N) is 2. The molecule has 0 N–H and O–H groups in total. The summed E-state index contributed by atoms with van der Waals surface area (Å²) < 4.78 is 0. The fraction of sp³-hybridized carbons (Fsp3) is 0.385. The van der Waals surface area contributed by atoms with Crippen molar-refractivity contribution in [2.24, 2.45) is 5.92 Å². The molecule has 0 heterocycles. The lowest BCUT2D eigenvalue weighted by Crippen LogP contribution is -2.28. The van der Waals surface area contributed by atoms with E-state index in [1.807, 2.05) is 30.3 Å². The van der Waals surface area contributed by atoms with Gasteiger partial charge in [-0.05, 0) is 24.0 Å². The van der Waals surface area contributed by atoms with Crippen molar-refractivity contribution >= 4 is 17.5 Å². The molecule has 1 fully saturated rings. The van der Waals surface area contributed by atoms with E-state index < -0.39 is 0 Å². The van der Waals surface area contributed by atoms with E-state index in [1.54, 1.807) is 7.05 Å². The van der Waals surface area contributed by atoms with Crippen LogP contribution in [0.15, 0.2) is 24.3 Å². The monoisotopic (exact) mass is 248 g/mol. The highest BCUT2D eigenvalue weighted by Crippen LogP contribution is 2.50. The van der Waals surface area contributed by atoms with Crippen LogP contribution in [0.3, 0.4) is 0 Å². The lowest BCUT2D eigenvalue weighted by Gasteiger charge is -2.12. The summed E-state index contributed by atoms with van der Waals surface area (Å²) in [6.07, 6.45) is 0.832. The van der Waals surface area contributed by atoms with Crippen LogP contribution in [0.1, 0.15) is 17.9 Å². The molecule has 17 heavy (non-hydrogen) atoms. The minimum Gasteiger partial charge on any atom is -0.332 e. The zero-order valence-corrected chi connectivity index (χ0v) is 10.3. The van der Waals surface area contributed by atoms with E-state index in [0.29, 0.717) is 0 Å². The van der Waals surface area contributed by atoms with Crippen LogP contribution >= 0.6 is 11.6 Å². The number of hydrogen-bond donors (Lipinski definition) is 0. The number of amides is 1. The Hall–Kier alpha value is -1.53. The maximum Gasteiger partial charge on any atom is 0.226 e. The van der Waals surface area contributed by atoms with Gasteiger partial charge in [0.15, 0.2) is 0 Å². The maximum absolute atomic E-state index is 11.9. The molecule has 0 saturated heterocycles. The van der Waals surface area contributed by atoms with E-state index in [1.165, 1.54) is 4.90 Å². The minimum absolute atomic E-state index is 0.00625. The Kier molecular flexibility index (Phi) is 3.35. The van der Waals surface area contributed by atoms with Crippen molar-refractivity contribution in [1.29, 1.82) is 5.26 Å². The fourth-order valence-corrected chi connectivity index (χ4v) is 2.33. The van der Waals surface area contributed by atoms with Gasteiger partial charge in [0.2, 0.25) is 5.91 Å². The van der Waals surface area contributed by atoms with Crippen LogP contribution in [0.2, 0.25) is 5.02 Å². The first kappa shape index (κ1) is 11.9. The van der Waals surface area contributed by atoms with Gasteiger partial charge in [0.05, 0.1) is 6.07 Å². The normalized spacial score (nSPS) is 21.7. The van der Waals surface area contributed by atoms with Gasteiger partial charge in [-0.1, -0.05) is 29.8 Å². The second-order valence-corrected chi connectivity index (χ2v) is 4.73. The van der Waals surface area contributed by atoms with E-state index in [0.717, 1.165) is 17.0 Å². The molecule has 2 rings (SSSR count). The highest BCUT2D eigenvalue weighted by atomic mass is 35.5. The number of benzene rings is 1. The Morgan fingerprint density at radius 1 is 1.59 bits per heavy atom. The second kappa shape index (κ2) is 4.77. The van der Waals surface area contributed by atoms with E-state index in [4.69, 9.17) is 16.9 Å². The van der Waals surface area contributed by atoms with Crippen molar-refractivity contribution < 1.29 is 4.79 Å². The predicted octanol–water partition coefficient (Wildman–Crippen LogP) is 2.43. The summed E-state index contributed by atoms with van der Waals surface area (Å²) in [5, 5.41) is 9.27. The summed E-state index contributed by atoms with van der Waals surface area (Å²) in [6.45, 7) is 0.143. The zero-order chi connectivity index (χ0) is 12.4. The molecule has 0 unspecified atom stereocenters. The van der Waals surface area contributed by atoms with E-state index in [2.05, 4.69) is 0 Å². The van der Waals surface area contributed by atoms with Gasteiger partial charge in [-0.3, -0.25) is 4.79 Å². The number of hydrogen-bond acceptors (Lipinski definition) is 2. The number of carbonyl (C=O) groups is 1. The zero-order valence-electron chi connectivity index (χ0n) is 9.56. The van der Waals surface area contributed by atoms with Crippen LogP contribution < -0.4 is 0 Å². The molecule has 1 aromatic rings. The molecular weight excluding hydrogens is 236 g/mol. The van der Waals surface area contributed by atoms with Crippen molar-refractivity contribution in [3.63, 3.8) is 0 Å². The summed E-state index contributed by atoms with van der Waals surface area (Å²) in [5.41, 5.74) is 1.04. The molecular formula is C13H13ClN2O. The van der Waals surface area contributed by atoms with Gasteiger partial charge in [-0.15, -0.1) is 0 Å². The molecule has 0 bridgehead atoms. The van der Waals surface area contributed by atoms with Crippen LogP contribution in [-0.2, 0) is 4.79 Å². The molecule has 88 valence electrons. The maximum atomic E-state index is 11.9. The molecule has 3 nitrogen and oxygen atoms in total. The van der Waals surface area contributed by atoms with Gasteiger partial charge < -0.3 is 4.90 Å². The van der Waals surface area contributed by atoms with Gasteiger partial charge in [-0.2, -0.15) is 5.26 Å². The molecule has 0 aliphatic heterocycles. The summed E-state index contributed by atoms with van der Waals surface area (Å²) in [7, 11) is 1.66. The minimum atomic E-state index is -0.00625. The van der Waals surface area contributed by atoms with E-state index in [-0.39, 0.29) is 24.3 Å². The molecule has 4 heteroatoms. The van der Waals surface area contributed by atoms with Gasteiger partial charge in [0, 0.05) is 18.0 Å². The third kappa shape index (κ3) is 2.42. The molecule has 0 spiro atoms. The van der Waals surface area contributed by atoms with Crippen LogP contribution in [0.4, 0.5) is 0 Å². The Labute approximate surface area is 106 Å². The highest BCUT2D eigenvalue weighted by molar-refractivity contribution is 6.31. The topological polar surface area (TPSA) is 44.1 Å². The third-order valence-electron chi connectivity index (χ3n) is 3.10. The Morgan fingerprint density at radius 3 is 2.94 bits per heavy atom. The molecule has 0 radical (unpaired) electrons. The van der Waals surface area contributed by atoms with Crippen LogP contribution in [0.5, 0.6) is 0 Å². The SMILES string of the molecule is CN(CC#N)C(=O)[C@@H]1C[C@@H]1c1ccccc1Cl. The first-order chi connectivity index (χ1) is 8.15.